The Morgan fingerprint density at radius 1 is 1.42 bits per heavy atom. The van der Waals surface area contributed by atoms with Crippen molar-refractivity contribution in [1.29, 1.82) is 0 Å². The highest BCUT2D eigenvalue weighted by molar-refractivity contribution is 4.92. The second-order valence-corrected chi connectivity index (χ2v) is 3.06. The predicted molar refractivity (Wildman–Crippen MR) is 44.2 cm³/mol. The Morgan fingerprint density at radius 3 is 2.67 bits per heavy atom. The zero-order valence-electron chi connectivity index (χ0n) is 6.97. The SMILES string of the molecule is NCC(F)(F)CN1CC=CCC1. The van der Waals surface area contributed by atoms with Gasteiger partial charge in [-0.05, 0) is 6.42 Å². The van der Waals surface area contributed by atoms with Crippen LogP contribution in [-0.2, 0) is 0 Å². The molecule has 0 radical (unpaired) electrons. The fourth-order valence-electron chi connectivity index (χ4n) is 1.23. The van der Waals surface area contributed by atoms with E-state index in [9.17, 15) is 8.78 Å². The smallest absolute Gasteiger partial charge is 0.272 e. The van der Waals surface area contributed by atoms with E-state index >= 15 is 0 Å². The minimum atomic E-state index is -2.73. The van der Waals surface area contributed by atoms with Crippen LogP contribution >= 0.6 is 0 Å². The fraction of sp³-hybridized carbons (Fsp3) is 0.750. The van der Waals surface area contributed by atoms with Crippen LogP contribution < -0.4 is 5.73 Å². The molecule has 0 saturated heterocycles. The van der Waals surface area contributed by atoms with Crippen molar-refractivity contribution in [1.82, 2.24) is 4.90 Å². The summed E-state index contributed by atoms with van der Waals surface area (Å²) in [7, 11) is 0. The Kier molecular flexibility index (Phi) is 3.17. The van der Waals surface area contributed by atoms with Crippen LogP contribution in [0.1, 0.15) is 6.42 Å². The van der Waals surface area contributed by atoms with E-state index in [4.69, 9.17) is 5.73 Å². The van der Waals surface area contributed by atoms with Gasteiger partial charge in [-0.3, -0.25) is 4.90 Å². The fourth-order valence-corrected chi connectivity index (χ4v) is 1.23. The van der Waals surface area contributed by atoms with Crippen molar-refractivity contribution in [3.63, 3.8) is 0 Å². The maximum absolute atomic E-state index is 12.7. The minimum absolute atomic E-state index is 0.214. The Morgan fingerprint density at radius 2 is 2.17 bits per heavy atom. The van der Waals surface area contributed by atoms with Gasteiger partial charge in [-0.15, -0.1) is 0 Å². The summed E-state index contributed by atoms with van der Waals surface area (Å²) in [6.07, 6.45) is 4.79. The summed E-state index contributed by atoms with van der Waals surface area (Å²) < 4.78 is 25.5. The molecule has 1 aliphatic heterocycles. The van der Waals surface area contributed by atoms with Crippen molar-refractivity contribution in [2.45, 2.75) is 12.3 Å². The van der Waals surface area contributed by atoms with Gasteiger partial charge in [0, 0.05) is 13.1 Å². The predicted octanol–water partition coefficient (Wildman–Crippen LogP) is 0.842. The lowest BCUT2D eigenvalue weighted by Crippen LogP contribution is -2.42. The van der Waals surface area contributed by atoms with E-state index in [0.29, 0.717) is 13.1 Å². The van der Waals surface area contributed by atoms with Gasteiger partial charge in [0.1, 0.15) is 0 Å². The highest BCUT2D eigenvalue weighted by Crippen LogP contribution is 2.14. The molecular formula is C8H14F2N2. The van der Waals surface area contributed by atoms with Gasteiger partial charge < -0.3 is 5.73 Å². The molecule has 1 heterocycles. The highest BCUT2D eigenvalue weighted by atomic mass is 19.3. The third kappa shape index (κ3) is 2.87. The molecule has 0 saturated carbocycles. The molecule has 0 aliphatic carbocycles. The van der Waals surface area contributed by atoms with E-state index in [0.717, 1.165) is 6.42 Å². The average Bonchev–Trinajstić information content (AvgIpc) is 2.06. The van der Waals surface area contributed by atoms with Crippen molar-refractivity contribution in [2.75, 3.05) is 26.2 Å². The molecule has 0 fully saturated rings. The number of nitrogens with zero attached hydrogens (tertiary/aromatic N) is 1. The van der Waals surface area contributed by atoms with Gasteiger partial charge in [-0.1, -0.05) is 12.2 Å². The van der Waals surface area contributed by atoms with Crippen LogP contribution in [0, 0.1) is 0 Å². The van der Waals surface area contributed by atoms with Gasteiger partial charge >= 0.3 is 0 Å². The molecule has 0 unspecified atom stereocenters. The largest absolute Gasteiger partial charge is 0.325 e. The quantitative estimate of drug-likeness (QED) is 0.646. The Labute approximate surface area is 71.0 Å². The first kappa shape index (κ1) is 9.61. The zero-order chi connectivity index (χ0) is 9.03. The summed E-state index contributed by atoms with van der Waals surface area (Å²) in [5.41, 5.74) is 4.93. The lowest BCUT2D eigenvalue weighted by molar-refractivity contribution is -0.0212. The van der Waals surface area contributed by atoms with E-state index < -0.39 is 12.5 Å². The number of hydrogen-bond acceptors (Lipinski definition) is 2. The van der Waals surface area contributed by atoms with E-state index in [1.807, 2.05) is 12.2 Å². The molecule has 1 aliphatic rings. The van der Waals surface area contributed by atoms with Crippen LogP contribution in [-0.4, -0.2) is 37.0 Å². The molecule has 0 aromatic heterocycles. The van der Waals surface area contributed by atoms with Crippen LogP contribution in [0.25, 0.3) is 0 Å². The first-order valence-electron chi connectivity index (χ1n) is 4.09. The first-order valence-corrected chi connectivity index (χ1v) is 4.09. The van der Waals surface area contributed by atoms with Gasteiger partial charge in [-0.25, -0.2) is 8.78 Å². The number of nitrogens with two attached hydrogens (primary N) is 1. The maximum Gasteiger partial charge on any atom is 0.272 e. The summed E-state index contributed by atoms with van der Waals surface area (Å²) in [6, 6.07) is 0. The van der Waals surface area contributed by atoms with Gasteiger partial charge in [0.15, 0.2) is 0 Å². The maximum atomic E-state index is 12.7. The third-order valence-corrected chi connectivity index (χ3v) is 1.90. The standard InChI is InChI=1S/C8H14F2N2/c9-8(10,6-11)7-12-4-2-1-3-5-12/h1-2H,3-7,11H2. The Balaban J connectivity index is 2.35. The Hall–Kier alpha value is -0.480. The molecule has 0 spiro atoms. The molecule has 1 rings (SSSR count). The second-order valence-electron chi connectivity index (χ2n) is 3.06. The van der Waals surface area contributed by atoms with Crippen molar-refractivity contribution < 1.29 is 8.78 Å². The van der Waals surface area contributed by atoms with Crippen molar-refractivity contribution in [2.24, 2.45) is 5.73 Å². The molecule has 70 valence electrons. The first-order chi connectivity index (χ1) is 5.64. The van der Waals surface area contributed by atoms with E-state index in [1.54, 1.807) is 4.90 Å². The second kappa shape index (κ2) is 3.96. The molecule has 2 N–H and O–H groups in total. The van der Waals surface area contributed by atoms with Crippen LogP contribution in [0.5, 0.6) is 0 Å². The van der Waals surface area contributed by atoms with Gasteiger partial charge in [-0.2, -0.15) is 0 Å². The molecule has 0 amide bonds. The normalized spacial score (nSPS) is 19.9. The number of alkyl halides is 2. The van der Waals surface area contributed by atoms with Crippen molar-refractivity contribution in [3.05, 3.63) is 12.2 Å². The van der Waals surface area contributed by atoms with Crippen LogP contribution in [0.3, 0.4) is 0 Å². The lowest BCUT2D eigenvalue weighted by Gasteiger charge is -2.26. The van der Waals surface area contributed by atoms with Crippen LogP contribution in [0.4, 0.5) is 8.78 Å². The topological polar surface area (TPSA) is 29.3 Å². The molecule has 0 aromatic rings. The van der Waals surface area contributed by atoms with E-state index in [2.05, 4.69) is 0 Å². The highest BCUT2D eigenvalue weighted by Gasteiger charge is 2.29. The van der Waals surface area contributed by atoms with Gasteiger partial charge in [0.05, 0.1) is 13.1 Å². The molecular weight excluding hydrogens is 162 g/mol. The lowest BCUT2D eigenvalue weighted by atomic mass is 10.2. The summed E-state index contributed by atoms with van der Waals surface area (Å²) in [4.78, 5) is 1.72. The molecule has 2 nitrogen and oxygen atoms in total. The number of hydrogen-bond donors (Lipinski definition) is 1. The van der Waals surface area contributed by atoms with Crippen LogP contribution in [0.2, 0.25) is 0 Å². The molecule has 0 bridgehead atoms. The number of halogens is 2. The molecule has 0 aromatic carbocycles. The van der Waals surface area contributed by atoms with Crippen LogP contribution in [0.15, 0.2) is 12.2 Å². The summed E-state index contributed by atoms with van der Waals surface area (Å²) in [5, 5.41) is 0. The number of rotatable bonds is 3. The van der Waals surface area contributed by atoms with Gasteiger partial charge in [0.25, 0.3) is 5.92 Å². The van der Waals surface area contributed by atoms with E-state index in [-0.39, 0.29) is 6.54 Å². The van der Waals surface area contributed by atoms with Crippen molar-refractivity contribution in [3.8, 4) is 0 Å². The summed E-state index contributed by atoms with van der Waals surface area (Å²) >= 11 is 0. The molecule has 0 atom stereocenters. The molecule has 4 heteroatoms. The van der Waals surface area contributed by atoms with Crippen molar-refractivity contribution >= 4 is 0 Å². The van der Waals surface area contributed by atoms with E-state index in [1.165, 1.54) is 0 Å². The van der Waals surface area contributed by atoms with Gasteiger partial charge in [0.2, 0.25) is 0 Å². The zero-order valence-corrected chi connectivity index (χ0v) is 6.97. The third-order valence-electron chi connectivity index (χ3n) is 1.90. The Bertz CT molecular complexity index is 168. The summed E-state index contributed by atoms with van der Waals surface area (Å²) in [6.45, 7) is 0.558. The minimum Gasteiger partial charge on any atom is -0.325 e. The monoisotopic (exact) mass is 176 g/mol. The molecule has 12 heavy (non-hydrogen) atoms. The summed E-state index contributed by atoms with van der Waals surface area (Å²) in [5.74, 6) is -2.73. The average molecular weight is 176 g/mol.